The maximum atomic E-state index is 12.3. The Morgan fingerprint density at radius 1 is 1.41 bits per heavy atom. The highest BCUT2D eigenvalue weighted by molar-refractivity contribution is 9.11. The van der Waals surface area contributed by atoms with Crippen molar-refractivity contribution in [3.63, 3.8) is 0 Å². The summed E-state index contributed by atoms with van der Waals surface area (Å²) in [4.78, 5) is 14.2. The summed E-state index contributed by atoms with van der Waals surface area (Å²) in [5.41, 5.74) is 6.58. The first-order chi connectivity index (χ1) is 8.08. The zero-order valence-corrected chi connectivity index (χ0v) is 12.5. The van der Waals surface area contributed by atoms with Crippen molar-refractivity contribution in [3.05, 3.63) is 32.7 Å². The highest BCUT2D eigenvalue weighted by Crippen LogP contribution is 2.24. The average Bonchev–Trinajstić information content (AvgIpc) is 2.31. The van der Waals surface area contributed by atoms with Crippen LogP contribution in [0.4, 0.5) is 0 Å². The summed E-state index contributed by atoms with van der Waals surface area (Å²) < 4.78 is 1.73. The van der Waals surface area contributed by atoms with E-state index in [4.69, 9.17) is 5.73 Å². The number of hydrogen-bond acceptors (Lipinski definition) is 2. The van der Waals surface area contributed by atoms with Crippen LogP contribution in [0.25, 0.3) is 0 Å². The Labute approximate surface area is 118 Å². The third-order valence-electron chi connectivity index (χ3n) is 2.90. The van der Waals surface area contributed by atoms with Gasteiger partial charge in [-0.05, 0) is 47.0 Å². The molecule has 0 unspecified atom stereocenters. The van der Waals surface area contributed by atoms with Crippen molar-refractivity contribution < 1.29 is 4.79 Å². The summed E-state index contributed by atoms with van der Waals surface area (Å²) in [5, 5.41) is 0. The predicted molar refractivity (Wildman–Crippen MR) is 75.0 cm³/mol. The number of carbonyl (C=O) groups excluding carboxylic acids is 1. The molecule has 0 radical (unpaired) electrons. The maximum Gasteiger partial charge on any atom is 0.255 e. The number of hydrogen-bond donors (Lipinski definition) is 1. The van der Waals surface area contributed by atoms with E-state index in [-0.39, 0.29) is 11.9 Å². The summed E-state index contributed by atoms with van der Waals surface area (Å²) in [6.07, 6.45) is 1.99. The highest BCUT2D eigenvalue weighted by Gasteiger charge is 2.23. The Bertz CT molecular complexity index is 437. The Balaban J connectivity index is 2.21. The fourth-order valence-corrected chi connectivity index (χ4v) is 2.80. The molecule has 1 aromatic rings. The van der Waals surface area contributed by atoms with Crippen LogP contribution in [0, 0.1) is 0 Å². The number of halogens is 2. The second-order valence-corrected chi connectivity index (χ2v) is 6.05. The molecule has 1 saturated heterocycles. The molecular formula is C12H14Br2N2O. The number of piperidine rings is 1. The van der Waals surface area contributed by atoms with Crippen molar-refractivity contribution in [1.29, 1.82) is 0 Å². The summed E-state index contributed by atoms with van der Waals surface area (Å²) in [5.74, 6) is 0.0494. The summed E-state index contributed by atoms with van der Waals surface area (Å²) in [6, 6.07) is 5.73. The van der Waals surface area contributed by atoms with Crippen LogP contribution in [0.3, 0.4) is 0 Å². The van der Waals surface area contributed by atoms with Crippen LogP contribution >= 0.6 is 31.9 Å². The topological polar surface area (TPSA) is 46.3 Å². The van der Waals surface area contributed by atoms with Crippen LogP contribution in [0.5, 0.6) is 0 Å². The Kier molecular flexibility index (Phi) is 4.22. The Hall–Kier alpha value is -0.390. The van der Waals surface area contributed by atoms with Gasteiger partial charge in [0.15, 0.2) is 0 Å². The van der Waals surface area contributed by atoms with E-state index in [1.54, 1.807) is 0 Å². The van der Waals surface area contributed by atoms with Crippen molar-refractivity contribution in [2.75, 3.05) is 13.1 Å². The van der Waals surface area contributed by atoms with Gasteiger partial charge in [-0.2, -0.15) is 0 Å². The molecule has 1 atom stereocenters. The number of nitrogens with two attached hydrogens (primary N) is 1. The standard InChI is InChI=1S/C12H14Br2N2O/c13-8-3-4-11(14)10(6-8)12(17)16-5-1-2-9(15)7-16/h3-4,6,9H,1-2,5,7,15H2/t9-/m1/s1. The van der Waals surface area contributed by atoms with Gasteiger partial charge in [0.25, 0.3) is 5.91 Å². The fraction of sp³-hybridized carbons (Fsp3) is 0.417. The minimum Gasteiger partial charge on any atom is -0.337 e. The number of rotatable bonds is 1. The van der Waals surface area contributed by atoms with E-state index in [1.807, 2.05) is 23.1 Å². The van der Waals surface area contributed by atoms with E-state index >= 15 is 0 Å². The second kappa shape index (κ2) is 5.50. The van der Waals surface area contributed by atoms with E-state index in [2.05, 4.69) is 31.9 Å². The largest absolute Gasteiger partial charge is 0.337 e. The van der Waals surface area contributed by atoms with Gasteiger partial charge in [0.2, 0.25) is 0 Å². The minimum absolute atomic E-state index is 0.0494. The molecule has 0 bridgehead atoms. The molecule has 1 aromatic carbocycles. The highest BCUT2D eigenvalue weighted by atomic mass is 79.9. The molecule has 1 heterocycles. The van der Waals surface area contributed by atoms with E-state index in [0.717, 1.165) is 28.3 Å². The third-order valence-corrected chi connectivity index (χ3v) is 4.09. The maximum absolute atomic E-state index is 12.3. The summed E-state index contributed by atoms with van der Waals surface area (Å²) in [6.45, 7) is 1.45. The lowest BCUT2D eigenvalue weighted by Gasteiger charge is -2.31. The zero-order chi connectivity index (χ0) is 12.4. The smallest absolute Gasteiger partial charge is 0.255 e. The lowest BCUT2D eigenvalue weighted by molar-refractivity contribution is 0.0708. The van der Waals surface area contributed by atoms with Gasteiger partial charge < -0.3 is 10.6 Å². The molecule has 92 valence electrons. The van der Waals surface area contributed by atoms with Crippen LogP contribution in [0.2, 0.25) is 0 Å². The van der Waals surface area contributed by atoms with E-state index in [0.29, 0.717) is 12.1 Å². The van der Waals surface area contributed by atoms with Crippen LogP contribution in [-0.2, 0) is 0 Å². The van der Waals surface area contributed by atoms with Crippen molar-refractivity contribution in [2.45, 2.75) is 18.9 Å². The fourth-order valence-electron chi connectivity index (χ4n) is 2.03. The van der Waals surface area contributed by atoms with E-state index in [1.165, 1.54) is 0 Å². The summed E-state index contributed by atoms with van der Waals surface area (Å²) >= 11 is 6.80. The van der Waals surface area contributed by atoms with Crippen LogP contribution in [-0.4, -0.2) is 29.9 Å². The first-order valence-corrected chi connectivity index (χ1v) is 7.16. The number of benzene rings is 1. The van der Waals surface area contributed by atoms with Crippen molar-refractivity contribution >= 4 is 37.8 Å². The molecule has 1 aliphatic rings. The molecule has 0 aromatic heterocycles. The van der Waals surface area contributed by atoms with Crippen molar-refractivity contribution in [2.24, 2.45) is 5.73 Å². The first kappa shape index (κ1) is 13.1. The number of amides is 1. The van der Waals surface area contributed by atoms with Crippen molar-refractivity contribution in [1.82, 2.24) is 4.90 Å². The van der Waals surface area contributed by atoms with Gasteiger partial charge >= 0.3 is 0 Å². The molecule has 0 aliphatic carbocycles. The van der Waals surface area contributed by atoms with Gasteiger partial charge in [0, 0.05) is 28.1 Å². The monoisotopic (exact) mass is 360 g/mol. The third kappa shape index (κ3) is 3.09. The molecular weight excluding hydrogens is 348 g/mol. The van der Waals surface area contributed by atoms with Gasteiger partial charge in [-0.1, -0.05) is 15.9 Å². The number of likely N-dealkylation sites (tertiary alicyclic amines) is 1. The first-order valence-electron chi connectivity index (χ1n) is 5.58. The second-order valence-electron chi connectivity index (χ2n) is 4.28. The van der Waals surface area contributed by atoms with Crippen LogP contribution in [0.15, 0.2) is 27.1 Å². The minimum atomic E-state index is 0.0494. The van der Waals surface area contributed by atoms with Gasteiger partial charge in [-0.15, -0.1) is 0 Å². The SMILES string of the molecule is N[C@@H]1CCCN(C(=O)c2cc(Br)ccc2Br)C1. The quantitative estimate of drug-likeness (QED) is 0.835. The Morgan fingerprint density at radius 3 is 2.88 bits per heavy atom. The van der Waals surface area contributed by atoms with Gasteiger partial charge in [-0.25, -0.2) is 0 Å². The Morgan fingerprint density at radius 2 is 2.18 bits per heavy atom. The van der Waals surface area contributed by atoms with Crippen LogP contribution < -0.4 is 5.73 Å². The molecule has 17 heavy (non-hydrogen) atoms. The van der Waals surface area contributed by atoms with E-state index in [9.17, 15) is 4.79 Å². The van der Waals surface area contributed by atoms with E-state index < -0.39 is 0 Å². The predicted octanol–water partition coefficient (Wildman–Crippen LogP) is 2.77. The number of carbonyl (C=O) groups is 1. The van der Waals surface area contributed by atoms with Crippen LogP contribution in [0.1, 0.15) is 23.2 Å². The molecule has 1 amide bonds. The molecule has 2 N–H and O–H groups in total. The van der Waals surface area contributed by atoms with Gasteiger partial charge in [0.05, 0.1) is 5.56 Å². The molecule has 0 spiro atoms. The molecule has 0 saturated carbocycles. The average molecular weight is 362 g/mol. The normalized spacial score (nSPS) is 20.4. The van der Waals surface area contributed by atoms with Gasteiger partial charge in [0.1, 0.15) is 0 Å². The summed E-state index contributed by atoms with van der Waals surface area (Å²) in [7, 11) is 0. The molecule has 1 fully saturated rings. The molecule has 1 aliphatic heterocycles. The van der Waals surface area contributed by atoms with Gasteiger partial charge in [-0.3, -0.25) is 4.79 Å². The van der Waals surface area contributed by atoms with Crippen molar-refractivity contribution in [3.8, 4) is 0 Å². The zero-order valence-electron chi connectivity index (χ0n) is 9.33. The lowest BCUT2D eigenvalue weighted by Crippen LogP contribution is -2.45. The number of nitrogens with zero attached hydrogens (tertiary/aromatic N) is 1. The molecule has 3 nitrogen and oxygen atoms in total. The molecule has 2 rings (SSSR count). The molecule has 5 heteroatoms. The lowest BCUT2D eigenvalue weighted by atomic mass is 10.1.